The summed E-state index contributed by atoms with van der Waals surface area (Å²) in [5.74, 6) is 0.472. The highest BCUT2D eigenvalue weighted by atomic mass is 35.5. The molecule has 0 unspecified atom stereocenters. The number of carbonyl (C=O) groups excluding carboxylic acids is 1. The predicted octanol–water partition coefficient (Wildman–Crippen LogP) is 5.17. The van der Waals surface area contributed by atoms with Gasteiger partial charge in [-0.2, -0.15) is 0 Å². The molecule has 5 heteroatoms. The molecular weight excluding hydrogens is 374 g/mol. The minimum Gasteiger partial charge on any atom is -0.494 e. The van der Waals surface area contributed by atoms with Crippen LogP contribution in [0.4, 0.5) is 0 Å². The van der Waals surface area contributed by atoms with Crippen LogP contribution in [0.2, 0.25) is 0 Å². The van der Waals surface area contributed by atoms with Crippen LogP contribution in [0.3, 0.4) is 0 Å². The first-order chi connectivity index (χ1) is 13.7. The van der Waals surface area contributed by atoms with E-state index in [1.165, 1.54) is 11.1 Å². The van der Waals surface area contributed by atoms with Crippen molar-refractivity contribution < 1.29 is 13.8 Å². The van der Waals surface area contributed by atoms with Gasteiger partial charge in [0, 0.05) is 13.1 Å². The van der Waals surface area contributed by atoms with Crippen molar-refractivity contribution in [3.05, 3.63) is 71.8 Å². The van der Waals surface area contributed by atoms with Crippen LogP contribution >= 0.6 is 11.9 Å². The minimum absolute atomic E-state index is 0.258. The van der Waals surface area contributed by atoms with Crippen LogP contribution < -0.4 is 10.1 Å². The van der Waals surface area contributed by atoms with Gasteiger partial charge in [-0.05, 0) is 55.0 Å². The zero-order chi connectivity index (χ0) is 20.0. The van der Waals surface area contributed by atoms with E-state index in [2.05, 4.69) is 59.0 Å². The van der Waals surface area contributed by atoms with Crippen molar-refractivity contribution in [2.24, 2.45) is 0 Å². The second kappa shape index (κ2) is 13.0. The van der Waals surface area contributed by atoms with Crippen molar-refractivity contribution in [3.8, 4) is 5.75 Å². The average Bonchev–Trinajstić information content (AvgIpc) is 2.74. The molecule has 0 aromatic heterocycles. The Labute approximate surface area is 172 Å². The van der Waals surface area contributed by atoms with E-state index in [1.807, 2.05) is 18.2 Å². The largest absolute Gasteiger partial charge is 0.494 e. The van der Waals surface area contributed by atoms with E-state index < -0.39 is 5.97 Å². The van der Waals surface area contributed by atoms with Crippen LogP contribution in [0.5, 0.6) is 5.75 Å². The number of hydrogen-bond donors (Lipinski definition) is 1. The summed E-state index contributed by atoms with van der Waals surface area (Å²) in [5, 5.41) is 3.15. The van der Waals surface area contributed by atoms with Crippen molar-refractivity contribution in [1.29, 1.82) is 0 Å². The van der Waals surface area contributed by atoms with Crippen LogP contribution in [-0.4, -0.2) is 25.7 Å². The summed E-state index contributed by atoms with van der Waals surface area (Å²) in [4.78, 5) is 10.9. The van der Waals surface area contributed by atoms with Crippen molar-refractivity contribution >= 4 is 23.4 Å². The Morgan fingerprint density at radius 1 is 1.07 bits per heavy atom. The van der Waals surface area contributed by atoms with Gasteiger partial charge in [0.2, 0.25) is 0 Å². The highest BCUT2D eigenvalue weighted by Gasteiger charge is 2.01. The van der Waals surface area contributed by atoms with Crippen LogP contribution in [0.15, 0.2) is 60.7 Å². The lowest BCUT2D eigenvalue weighted by Crippen LogP contribution is -2.18. The van der Waals surface area contributed by atoms with Crippen molar-refractivity contribution in [1.82, 2.24) is 5.32 Å². The molecule has 0 aliphatic rings. The van der Waals surface area contributed by atoms with Crippen LogP contribution in [-0.2, 0) is 15.5 Å². The van der Waals surface area contributed by atoms with Gasteiger partial charge in [-0.1, -0.05) is 48.5 Å². The van der Waals surface area contributed by atoms with E-state index in [4.69, 9.17) is 16.6 Å². The number of carbonyl (C=O) groups is 1. The number of rotatable bonds is 12. The molecule has 2 aromatic rings. The van der Waals surface area contributed by atoms with Gasteiger partial charge >= 0.3 is 5.97 Å². The fraction of sp³-hybridized carbons (Fsp3) is 0.348. The summed E-state index contributed by atoms with van der Waals surface area (Å²) >= 11 is 4.98. The van der Waals surface area contributed by atoms with Gasteiger partial charge in [0.15, 0.2) is 0 Å². The number of allylic oxidation sites excluding steroid dienone is 1. The summed E-state index contributed by atoms with van der Waals surface area (Å²) in [7, 11) is 0. The van der Waals surface area contributed by atoms with E-state index in [1.54, 1.807) is 0 Å². The third-order valence-electron chi connectivity index (χ3n) is 4.43. The first kappa shape index (κ1) is 22.0. The molecule has 0 aliphatic heterocycles. The zero-order valence-corrected chi connectivity index (χ0v) is 17.1. The second-order valence-corrected chi connectivity index (χ2v) is 6.76. The molecule has 0 spiro atoms. The Hall–Kier alpha value is -2.30. The van der Waals surface area contributed by atoms with Gasteiger partial charge in [0.05, 0.1) is 13.0 Å². The molecule has 4 nitrogen and oxygen atoms in total. The first-order valence-electron chi connectivity index (χ1n) is 9.65. The van der Waals surface area contributed by atoms with Crippen molar-refractivity contribution in [3.63, 3.8) is 0 Å². The molecule has 150 valence electrons. The lowest BCUT2D eigenvalue weighted by atomic mass is 10.1. The molecule has 1 N–H and O–H groups in total. The summed E-state index contributed by atoms with van der Waals surface area (Å²) in [6.07, 6.45) is 5.60. The van der Waals surface area contributed by atoms with Gasteiger partial charge < -0.3 is 14.3 Å². The quantitative estimate of drug-likeness (QED) is 0.498. The maximum Gasteiger partial charge on any atom is 0.326 e. The van der Waals surface area contributed by atoms with E-state index in [0.717, 1.165) is 37.2 Å². The number of benzene rings is 2. The third kappa shape index (κ3) is 8.59. The molecule has 0 fully saturated rings. The SMILES string of the molecule is C/C(=C\CNCCC(=O)OCl)c1ccc(OCCCCc2ccccc2)cc1. The molecule has 2 aromatic carbocycles. The van der Waals surface area contributed by atoms with E-state index in [-0.39, 0.29) is 6.42 Å². The second-order valence-electron chi connectivity index (χ2n) is 6.61. The molecule has 0 atom stereocenters. The molecule has 0 radical (unpaired) electrons. The Balaban J connectivity index is 1.64. The Kier molecular flexibility index (Phi) is 10.2. The lowest BCUT2D eigenvalue weighted by molar-refractivity contribution is -0.133. The molecule has 2 rings (SSSR count). The standard InChI is InChI=1S/C23H28ClNO3/c1-19(14-16-25-17-15-23(26)28-24)21-10-12-22(13-11-21)27-18-6-5-9-20-7-3-2-4-8-20/h2-4,7-8,10-14,25H,5-6,9,15-18H2,1H3/b19-14+. The van der Waals surface area contributed by atoms with E-state index >= 15 is 0 Å². The highest BCUT2D eigenvalue weighted by Crippen LogP contribution is 2.18. The fourth-order valence-corrected chi connectivity index (χ4v) is 2.83. The van der Waals surface area contributed by atoms with Gasteiger partial charge in [-0.3, -0.25) is 4.79 Å². The normalized spacial score (nSPS) is 11.3. The lowest BCUT2D eigenvalue weighted by Gasteiger charge is -2.08. The minimum atomic E-state index is -0.425. The van der Waals surface area contributed by atoms with E-state index in [0.29, 0.717) is 13.1 Å². The van der Waals surface area contributed by atoms with Crippen LogP contribution in [0.25, 0.3) is 5.57 Å². The molecule has 28 heavy (non-hydrogen) atoms. The monoisotopic (exact) mass is 401 g/mol. The Morgan fingerprint density at radius 2 is 1.82 bits per heavy atom. The molecule has 0 saturated heterocycles. The van der Waals surface area contributed by atoms with Crippen LogP contribution in [0.1, 0.15) is 37.3 Å². The first-order valence-corrected chi connectivity index (χ1v) is 9.96. The maximum absolute atomic E-state index is 10.9. The Bertz CT molecular complexity index is 729. The van der Waals surface area contributed by atoms with Gasteiger partial charge in [0.1, 0.15) is 17.6 Å². The molecular formula is C23H28ClNO3. The number of ether oxygens (including phenoxy) is 1. The van der Waals surface area contributed by atoms with E-state index in [9.17, 15) is 4.79 Å². The third-order valence-corrected chi connectivity index (χ3v) is 4.60. The summed E-state index contributed by atoms with van der Waals surface area (Å²) in [6, 6.07) is 18.7. The highest BCUT2D eigenvalue weighted by molar-refractivity contribution is 6.13. The Morgan fingerprint density at radius 3 is 2.54 bits per heavy atom. The molecule has 0 amide bonds. The number of halogens is 1. The number of unbranched alkanes of at least 4 members (excludes halogenated alkanes) is 1. The van der Waals surface area contributed by atoms with Crippen molar-refractivity contribution in [2.45, 2.75) is 32.6 Å². The number of aryl methyl sites for hydroxylation is 1. The smallest absolute Gasteiger partial charge is 0.326 e. The number of nitrogens with one attached hydrogen (secondary N) is 1. The molecule has 0 heterocycles. The van der Waals surface area contributed by atoms with Crippen LogP contribution in [0, 0.1) is 0 Å². The van der Waals surface area contributed by atoms with Gasteiger partial charge in [-0.15, -0.1) is 0 Å². The predicted molar refractivity (Wildman–Crippen MR) is 114 cm³/mol. The topological polar surface area (TPSA) is 47.6 Å². The fourth-order valence-electron chi connectivity index (χ4n) is 2.75. The average molecular weight is 402 g/mol. The summed E-state index contributed by atoms with van der Waals surface area (Å²) in [6.45, 7) is 4.01. The van der Waals surface area contributed by atoms with Crippen molar-refractivity contribution in [2.75, 3.05) is 19.7 Å². The summed E-state index contributed by atoms with van der Waals surface area (Å²) in [5.41, 5.74) is 3.70. The maximum atomic E-state index is 10.9. The van der Waals surface area contributed by atoms with Gasteiger partial charge in [0.25, 0.3) is 0 Å². The number of hydrogen-bond acceptors (Lipinski definition) is 4. The molecule has 0 aliphatic carbocycles. The zero-order valence-electron chi connectivity index (χ0n) is 16.3. The summed E-state index contributed by atoms with van der Waals surface area (Å²) < 4.78 is 9.92. The van der Waals surface area contributed by atoms with Gasteiger partial charge in [-0.25, -0.2) is 0 Å². The molecule has 0 saturated carbocycles. The molecule has 0 bridgehead atoms.